The van der Waals surface area contributed by atoms with Gasteiger partial charge in [-0.3, -0.25) is 4.98 Å². The maximum absolute atomic E-state index is 8.84. The van der Waals surface area contributed by atoms with Crippen LogP contribution in [0.2, 0.25) is 19.6 Å². The fraction of sp³-hybridized carbons (Fsp3) is 0.238. The largest absolute Gasteiger partial charge is 0.305 e. The molecule has 0 atom stereocenters. The smallest absolute Gasteiger partial charge is 0.0798 e. The molecule has 0 amide bonds. The number of aryl methyl sites for hydroxylation is 1. The molecule has 1 fully saturated rings. The number of rotatable bonds is 5. The van der Waals surface area contributed by atoms with Gasteiger partial charge in [0.25, 0.3) is 0 Å². The summed E-state index contributed by atoms with van der Waals surface area (Å²) in [6.45, 7) is 9.24. The van der Waals surface area contributed by atoms with E-state index in [1.54, 1.807) is 17.5 Å². The summed E-state index contributed by atoms with van der Waals surface area (Å²) in [5, 5.41) is 6.22. The molecule has 239 valence electrons. The van der Waals surface area contributed by atoms with Crippen LogP contribution in [0.5, 0.6) is 0 Å². The summed E-state index contributed by atoms with van der Waals surface area (Å²) in [4.78, 5) is 9.27. The Morgan fingerprint density at radius 3 is 2.36 bits per heavy atom. The van der Waals surface area contributed by atoms with E-state index in [4.69, 9.17) is 2.74 Å². The predicted octanol–water partition coefficient (Wildman–Crippen LogP) is 11.2. The summed E-state index contributed by atoms with van der Waals surface area (Å²) in [7, 11) is -1.27. The number of aromatic nitrogens is 2. The molecule has 47 heavy (non-hydrogen) atoms. The maximum Gasteiger partial charge on any atom is 0.0798 e. The minimum Gasteiger partial charge on any atom is -0.305 e. The first kappa shape index (κ1) is 30.8. The molecule has 0 unspecified atom stereocenters. The summed E-state index contributed by atoms with van der Waals surface area (Å²) >= 11 is 1.77. The average molecular weight is 827 g/mol. The molecular weight excluding hydrogens is 785 g/mol. The van der Waals surface area contributed by atoms with Crippen LogP contribution in [0.25, 0.3) is 53.5 Å². The van der Waals surface area contributed by atoms with E-state index >= 15 is 0 Å². The Morgan fingerprint density at radius 2 is 1.62 bits per heavy atom. The van der Waals surface area contributed by atoms with Crippen molar-refractivity contribution in [3.63, 3.8) is 0 Å². The van der Waals surface area contributed by atoms with Gasteiger partial charge in [-0.2, -0.15) is 11.3 Å². The summed E-state index contributed by atoms with van der Waals surface area (Å²) in [5.41, 5.74) is 5.95. The van der Waals surface area contributed by atoms with E-state index in [1.165, 1.54) is 36.3 Å². The van der Waals surface area contributed by atoms with Gasteiger partial charge < -0.3 is 4.98 Å². The van der Waals surface area contributed by atoms with E-state index in [2.05, 4.69) is 109 Å². The van der Waals surface area contributed by atoms with Gasteiger partial charge in [-0.05, 0) is 52.3 Å². The van der Waals surface area contributed by atoms with Crippen LogP contribution in [0.15, 0.2) is 103 Å². The summed E-state index contributed by atoms with van der Waals surface area (Å²) in [6.07, 6.45) is 6.67. The first-order valence-electron chi connectivity index (χ1n) is 17.3. The molecule has 3 heterocycles. The first-order valence-corrected chi connectivity index (χ1v) is 20.6. The number of pyridine rings is 2. The van der Waals surface area contributed by atoms with Crippen molar-refractivity contribution in [2.45, 2.75) is 58.6 Å². The number of nitrogens with zero attached hydrogens (tertiary/aromatic N) is 2. The summed E-state index contributed by atoms with van der Waals surface area (Å²) in [5.74, 6) is 0.0904. The van der Waals surface area contributed by atoms with Gasteiger partial charge in [0.1, 0.15) is 0 Å². The van der Waals surface area contributed by atoms with E-state index in [9.17, 15) is 0 Å². The first-order chi connectivity index (χ1) is 23.1. The molecule has 0 aliphatic heterocycles. The maximum atomic E-state index is 8.84. The molecule has 2 nitrogen and oxygen atoms in total. The Morgan fingerprint density at radius 1 is 0.872 bits per heavy atom. The molecule has 0 N–H and O–H groups in total. The Labute approximate surface area is 300 Å². The molecule has 0 saturated heterocycles. The molecule has 0 spiro atoms. The third kappa shape index (κ3) is 7.19. The van der Waals surface area contributed by atoms with E-state index in [0.717, 1.165) is 59.1 Å². The second kappa shape index (κ2) is 14.3. The number of thiophene rings is 1. The second-order valence-corrected chi connectivity index (χ2v) is 19.4. The van der Waals surface area contributed by atoms with Crippen LogP contribution in [0, 0.1) is 25.0 Å². The molecule has 1 saturated carbocycles. The number of benzene rings is 4. The van der Waals surface area contributed by atoms with E-state index < -0.39 is 14.4 Å². The third-order valence-electron chi connectivity index (χ3n) is 8.92. The van der Waals surface area contributed by atoms with Gasteiger partial charge in [-0.25, -0.2) is 0 Å². The Bertz CT molecular complexity index is 2240. The van der Waals surface area contributed by atoms with Crippen LogP contribution in [-0.2, 0) is 26.5 Å². The minimum absolute atomic E-state index is 0. The average Bonchev–Trinajstić information content (AvgIpc) is 3.78. The zero-order chi connectivity index (χ0) is 33.5. The minimum atomic E-state index is -1.33. The van der Waals surface area contributed by atoms with Gasteiger partial charge in [0.15, 0.2) is 0 Å². The van der Waals surface area contributed by atoms with Crippen LogP contribution < -0.4 is 5.19 Å². The van der Waals surface area contributed by atoms with Crippen molar-refractivity contribution in [2.24, 2.45) is 5.92 Å². The normalized spacial score (nSPS) is 14.4. The van der Waals surface area contributed by atoms with Crippen LogP contribution in [0.4, 0.5) is 0 Å². The topological polar surface area (TPSA) is 25.8 Å². The molecule has 4 aromatic carbocycles. The van der Waals surface area contributed by atoms with Crippen LogP contribution in [0.1, 0.15) is 39.6 Å². The fourth-order valence-corrected chi connectivity index (χ4v) is 9.61. The van der Waals surface area contributed by atoms with Gasteiger partial charge in [0.05, 0.1) is 8.07 Å². The molecule has 5 heteroatoms. The fourth-order valence-electron chi connectivity index (χ4n) is 6.67. The van der Waals surface area contributed by atoms with Crippen molar-refractivity contribution < 1.29 is 22.8 Å². The van der Waals surface area contributed by atoms with Crippen molar-refractivity contribution >= 4 is 55.5 Å². The van der Waals surface area contributed by atoms with Crippen LogP contribution in [-0.4, -0.2) is 18.0 Å². The molecule has 8 rings (SSSR count). The van der Waals surface area contributed by atoms with Crippen molar-refractivity contribution in [1.82, 2.24) is 9.97 Å². The zero-order valence-electron chi connectivity index (χ0n) is 29.4. The Kier molecular flexibility index (Phi) is 9.40. The van der Waals surface area contributed by atoms with Gasteiger partial charge in [-0.15, -0.1) is 53.4 Å². The van der Waals surface area contributed by atoms with E-state index in [1.807, 2.05) is 36.4 Å². The number of hydrogen-bond donors (Lipinski definition) is 0. The molecular formula is C42H40IrN2SSi-2. The van der Waals surface area contributed by atoms with E-state index in [-0.39, 0.29) is 26.0 Å². The third-order valence-corrected chi connectivity index (χ3v) is 12.3. The standard InChI is InChI=1S/C27H22NS.C15H18NSi.Ir/c1-2-8-18(7-1)15-19-13-14-28-24(16-19)23-17-20-9-3-4-10-21(20)26-22-11-5-6-12-25(22)29-27(23)26;1-12-10-14(13-8-6-5-7-9-13)16-11-15(12)17(2,3)4;/h3-6,9-14,16,18H,1-2,7-8,15H2;5-8,10-11H,1-4H3;/q2*-1;/i15D2;;. The Hall–Kier alpha value is -3.47. The van der Waals surface area contributed by atoms with Crippen molar-refractivity contribution in [1.29, 1.82) is 0 Å². The van der Waals surface area contributed by atoms with Gasteiger partial charge in [0, 0.05) is 45.6 Å². The van der Waals surface area contributed by atoms with Crippen molar-refractivity contribution in [2.75, 3.05) is 0 Å². The van der Waals surface area contributed by atoms with Crippen LogP contribution in [0.3, 0.4) is 0 Å². The monoisotopic (exact) mass is 827 g/mol. The van der Waals surface area contributed by atoms with Gasteiger partial charge in [0.2, 0.25) is 0 Å². The predicted molar refractivity (Wildman–Crippen MR) is 201 cm³/mol. The van der Waals surface area contributed by atoms with Crippen molar-refractivity contribution in [3.8, 4) is 22.5 Å². The molecule has 1 radical (unpaired) electrons. The van der Waals surface area contributed by atoms with Gasteiger partial charge in [-0.1, -0.05) is 121 Å². The second-order valence-electron chi connectivity index (χ2n) is 13.3. The molecule has 0 bridgehead atoms. The Balaban J connectivity index is 0.000000198. The summed E-state index contributed by atoms with van der Waals surface area (Å²) < 4.78 is 20.1. The number of hydrogen-bond acceptors (Lipinski definition) is 3. The zero-order valence-corrected chi connectivity index (χ0v) is 31.6. The SMILES string of the molecule is Cc1cc(-c2[c-]cccc2)ncc1[Si](C)(C)C.[2H]C([2H])(c1ccnc(-c2[c-]c3ccccc3c3c2sc2ccccc23)c1)C1CCCC1.[Ir]. The van der Waals surface area contributed by atoms with Crippen molar-refractivity contribution in [3.05, 3.63) is 127 Å². The van der Waals surface area contributed by atoms with Crippen LogP contribution >= 0.6 is 11.3 Å². The molecule has 7 aromatic rings. The van der Waals surface area contributed by atoms with Gasteiger partial charge >= 0.3 is 0 Å². The van der Waals surface area contributed by atoms with E-state index in [0.29, 0.717) is 0 Å². The number of fused-ring (bicyclic) bond motifs is 5. The molecule has 1 aliphatic carbocycles. The summed E-state index contributed by atoms with van der Waals surface area (Å²) in [6, 6.07) is 37.7. The molecule has 1 aliphatic rings. The quantitative estimate of drug-likeness (QED) is 0.128. The molecule has 3 aromatic heterocycles.